The molecule has 5 aliphatic rings. The predicted octanol–water partition coefficient (Wildman–Crippen LogP) is 12.6. The summed E-state index contributed by atoms with van der Waals surface area (Å²) in [5.74, 6) is 2.02. The normalized spacial score (nSPS) is 19.5. The number of likely N-dealkylation sites (tertiary alicyclic amines) is 1. The first-order valence-electron chi connectivity index (χ1n) is 27.3. The van der Waals surface area contributed by atoms with E-state index in [1.807, 2.05) is 12.1 Å². The fourth-order valence-corrected chi connectivity index (χ4v) is 14.3. The Balaban J connectivity index is 0.609. The van der Waals surface area contributed by atoms with E-state index >= 15 is 0 Å². The van der Waals surface area contributed by atoms with Gasteiger partial charge in [0, 0.05) is 98.9 Å². The smallest absolute Gasteiger partial charge is 0.188 e. The Kier molecular flexibility index (Phi) is 13.3. The third-order valence-corrected chi connectivity index (χ3v) is 18.6. The molecule has 1 unspecified atom stereocenters. The number of aromatic nitrogens is 4. The minimum atomic E-state index is 0.210. The van der Waals surface area contributed by atoms with Crippen LogP contribution in [-0.4, -0.2) is 88.5 Å². The number of fused-ring (bicyclic) bond motifs is 3. The number of benzene rings is 4. The number of allylic oxidation sites excluding steroid dienone is 2. The number of nitrogens with zero attached hydrogens (tertiary/aromatic N) is 8. The summed E-state index contributed by atoms with van der Waals surface area (Å²) < 4.78 is 3.27. The van der Waals surface area contributed by atoms with Crippen molar-refractivity contribution in [3.8, 4) is 11.1 Å². The molecule has 74 heavy (non-hydrogen) atoms. The Morgan fingerprint density at radius 1 is 0.824 bits per heavy atom. The van der Waals surface area contributed by atoms with Gasteiger partial charge in [0.2, 0.25) is 0 Å². The standard InChI is InChI=1S/C63H72N10S/c1-7-55-52(25-26-59(66-55)73-30-27-48-14-11-16-50(54(48)41-73)44(4)65-62-67-56-18-8-9-20-58(56)74-62)49-15-10-13-47(43(49)3)23-22-46-39-63(40-46)28-31-70(32-29-63)33-34-71-35-37-72(38-36-71)57-19-12-17-53-60(68-69(6)61(53)57)51-24-21-42(2)64-45(51)5/h7-20,25-26,46,51,64H,1-2,4-5,21-24,27-41H2,3,6H3,(H,65,67). The second kappa shape index (κ2) is 20.3. The lowest BCUT2D eigenvalue weighted by atomic mass is 9.56. The zero-order valence-corrected chi connectivity index (χ0v) is 44.5. The van der Waals surface area contributed by atoms with Crippen LogP contribution >= 0.6 is 11.3 Å². The number of pyridine rings is 1. The molecule has 0 radical (unpaired) electrons. The van der Waals surface area contributed by atoms with E-state index < -0.39 is 0 Å². The van der Waals surface area contributed by atoms with Crippen LogP contribution in [0.1, 0.15) is 90.1 Å². The highest BCUT2D eigenvalue weighted by Crippen LogP contribution is 2.54. The highest BCUT2D eigenvalue weighted by atomic mass is 32.1. The Bertz CT molecular complexity index is 3250. The van der Waals surface area contributed by atoms with Gasteiger partial charge in [0.25, 0.3) is 0 Å². The summed E-state index contributed by atoms with van der Waals surface area (Å²) in [7, 11) is 2.10. The number of nitrogens with one attached hydrogen (secondary N) is 2. The van der Waals surface area contributed by atoms with Gasteiger partial charge in [0.05, 0.1) is 32.8 Å². The highest BCUT2D eigenvalue weighted by Gasteiger charge is 2.45. The molecule has 0 amide bonds. The SMILES string of the molecule is C=Cc1nc(N2CCc3cccc(C(=C)Nc4nc5ccccc5s4)c3C2)ccc1-c1cccc(CCC2CC3(CCN(CCN4CCN(c5cccc6c(C7CCC(=C)NC7=C)nn(C)c56)CC4)CC3)C2)c1C. The summed E-state index contributed by atoms with van der Waals surface area (Å²) in [6.45, 7) is 30.3. The van der Waals surface area contributed by atoms with Gasteiger partial charge in [-0.25, -0.2) is 9.97 Å². The molecular formula is C63H72N10S. The minimum Gasteiger partial charge on any atom is -0.367 e. The van der Waals surface area contributed by atoms with E-state index in [4.69, 9.17) is 15.1 Å². The number of para-hydroxylation sites is 2. The molecule has 4 aliphatic heterocycles. The molecule has 12 rings (SSSR count). The number of thiazole rings is 1. The van der Waals surface area contributed by atoms with Crippen molar-refractivity contribution >= 4 is 60.9 Å². The summed E-state index contributed by atoms with van der Waals surface area (Å²) in [5, 5.41) is 14.1. The number of piperidine rings is 2. The first-order chi connectivity index (χ1) is 36.1. The van der Waals surface area contributed by atoms with Crippen molar-refractivity contribution in [2.24, 2.45) is 18.4 Å². The number of piperazine rings is 1. The Labute approximate surface area is 442 Å². The number of hydrogen-bond acceptors (Lipinski definition) is 10. The molecule has 3 aromatic heterocycles. The van der Waals surface area contributed by atoms with Crippen LogP contribution in [0.5, 0.6) is 0 Å². The predicted molar refractivity (Wildman–Crippen MR) is 310 cm³/mol. The van der Waals surface area contributed by atoms with E-state index in [1.165, 1.54) is 101 Å². The van der Waals surface area contributed by atoms with E-state index in [0.717, 1.165) is 133 Å². The van der Waals surface area contributed by atoms with Gasteiger partial charge in [-0.05, 0) is 153 Å². The third-order valence-electron chi connectivity index (χ3n) is 17.6. The van der Waals surface area contributed by atoms with Gasteiger partial charge in [-0.3, -0.25) is 9.58 Å². The van der Waals surface area contributed by atoms with Crippen LogP contribution in [-0.2, 0) is 26.4 Å². The van der Waals surface area contributed by atoms with E-state index in [9.17, 15) is 0 Å². The summed E-state index contributed by atoms with van der Waals surface area (Å²) in [5.41, 5.74) is 18.2. The van der Waals surface area contributed by atoms with Gasteiger partial charge >= 0.3 is 0 Å². The van der Waals surface area contributed by atoms with Gasteiger partial charge in [0.15, 0.2) is 5.13 Å². The molecule has 10 nitrogen and oxygen atoms in total. The molecule has 1 aliphatic carbocycles. The lowest BCUT2D eigenvalue weighted by molar-refractivity contribution is -0.0175. The largest absolute Gasteiger partial charge is 0.367 e. The van der Waals surface area contributed by atoms with Crippen molar-refractivity contribution in [3.05, 3.63) is 168 Å². The first-order valence-corrected chi connectivity index (χ1v) is 28.1. The first kappa shape index (κ1) is 48.4. The zero-order chi connectivity index (χ0) is 50.5. The van der Waals surface area contributed by atoms with E-state index in [-0.39, 0.29) is 5.92 Å². The monoisotopic (exact) mass is 1000 g/mol. The zero-order valence-electron chi connectivity index (χ0n) is 43.6. The average Bonchev–Trinajstić information content (AvgIpc) is 3.99. The summed E-state index contributed by atoms with van der Waals surface area (Å²) >= 11 is 1.66. The molecular weight excluding hydrogens is 929 g/mol. The number of rotatable bonds is 14. The van der Waals surface area contributed by atoms with E-state index in [1.54, 1.807) is 11.3 Å². The fourth-order valence-electron chi connectivity index (χ4n) is 13.4. The number of anilines is 3. The average molecular weight is 1000 g/mol. The molecule has 7 aromatic rings. The molecule has 4 fully saturated rings. The molecule has 0 bridgehead atoms. The van der Waals surface area contributed by atoms with Crippen molar-refractivity contribution in [2.75, 3.05) is 74.0 Å². The topological polar surface area (TPSA) is 80.6 Å². The van der Waals surface area contributed by atoms with Gasteiger partial charge in [-0.2, -0.15) is 5.10 Å². The lowest BCUT2D eigenvalue weighted by Gasteiger charge is -2.53. The molecule has 4 aromatic carbocycles. The van der Waals surface area contributed by atoms with Crippen molar-refractivity contribution in [1.82, 2.24) is 34.9 Å². The quantitative estimate of drug-likeness (QED) is 0.111. The van der Waals surface area contributed by atoms with Crippen LogP contribution in [0.4, 0.5) is 16.6 Å². The second-order valence-corrected chi connectivity index (χ2v) is 23.1. The van der Waals surface area contributed by atoms with Gasteiger partial charge in [-0.1, -0.05) is 98.3 Å². The maximum absolute atomic E-state index is 5.27. The molecule has 380 valence electrons. The van der Waals surface area contributed by atoms with Gasteiger partial charge in [-0.15, -0.1) is 0 Å². The molecule has 3 saturated heterocycles. The summed E-state index contributed by atoms with van der Waals surface area (Å²) in [6, 6.07) is 32.9. The highest BCUT2D eigenvalue weighted by molar-refractivity contribution is 7.22. The maximum atomic E-state index is 5.27. The van der Waals surface area contributed by atoms with Crippen molar-refractivity contribution in [3.63, 3.8) is 0 Å². The van der Waals surface area contributed by atoms with Gasteiger partial charge < -0.3 is 25.3 Å². The summed E-state index contributed by atoms with van der Waals surface area (Å²) in [4.78, 5) is 20.5. The van der Waals surface area contributed by atoms with E-state index in [0.29, 0.717) is 5.41 Å². The molecule has 1 atom stereocenters. The number of aryl methyl sites for hydroxylation is 2. The van der Waals surface area contributed by atoms with Crippen LogP contribution in [0.2, 0.25) is 0 Å². The Hall–Kier alpha value is -6.53. The van der Waals surface area contributed by atoms with Crippen LogP contribution in [0.15, 0.2) is 129 Å². The van der Waals surface area contributed by atoms with Crippen LogP contribution in [0, 0.1) is 18.3 Å². The van der Waals surface area contributed by atoms with Crippen LogP contribution in [0.3, 0.4) is 0 Å². The van der Waals surface area contributed by atoms with Crippen LogP contribution in [0.25, 0.3) is 44.0 Å². The third kappa shape index (κ3) is 9.47. The molecule has 11 heteroatoms. The number of hydrogen-bond donors (Lipinski definition) is 2. The minimum absolute atomic E-state index is 0.210. The fraction of sp³-hybridized carbons (Fsp3) is 0.381. The summed E-state index contributed by atoms with van der Waals surface area (Å²) in [6.07, 6.45) is 12.8. The van der Waals surface area contributed by atoms with E-state index in [2.05, 4.69) is 160 Å². The second-order valence-electron chi connectivity index (χ2n) is 22.1. The van der Waals surface area contributed by atoms with Crippen molar-refractivity contribution in [1.29, 1.82) is 0 Å². The molecule has 1 spiro atoms. The molecule has 1 saturated carbocycles. The van der Waals surface area contributed by atoms with Gasteiger partial charge in [0.1, 0.15) is 5.82 Å². The molecule has 2 N–H and O–H groups in total. The van der Waals surface area contributed by atoms with Crippen molar-refractivity contribution < 1.29 is 0 Å². The Morgan fingerprint density at radius 2 is 1.61 bits per heavy atom. The Morgan fingerprint density at radius 3 is 2.41 bits per heavy atom. The lowest BCUT2D eigenvalue weighted by Crippen LogP contribution is -2.51. The molecule has 7 heterocycles. The van der Waals surface area contributed by atoms with Crippen molar-refractivity contribution in [2.45, 2.75) is 77.2 Å². The van der Waals surface area contributed by atoms with Crippen LogP contribution < -0.4 is 20.4 Å². The maximum Gasteiger partial charge on any atom is 0.188 e.